The van der Waals surface area contributed by atoms with Crippen molar-refractivity contribution < 1.29 is 31.1 Å². The molecule has 0 unspecified atom stereocenters. The molecule has 1 saturated heterocycles. The van der Waals surface area contributed by atoms with Crippen LogP contribution in [0.4, 0.5) is 13.2 Å². The van der Waals surface area contributed by atoms with Crippen LogP contribution in [-0.4, -0.2) is 42.8 Å². The van der Waals surface area contributed by atoms with E-state index in [2.05, 4.69) is 0 Å². The summed E-state index contributed by atoms with van der Waals surface area (Å²) in [5.74, 6) is -0.250. The Hall–Kier alpha value is -3.44. The highest BCUT2D eigenvalue weighted by Gasteiger charge is 2.31. The molecule has 208 valence electrons. The standard InChI is InChI=1S/C28H29F3N2O5S/c1-19(2)18-38-26-15-21(20-6-5-7-22(14-20)28(29,30)31)8-10-24(26)25(34)17-32-16-23(9-11-27(32)35)39(36,37)33-12-3-4-13-33/h5-11,14-16,19H,3-4,12-13,17-18H2,1-2H3. The number of halogens is 3. The van der Waals surface area contributed by atoms with Crippen molar-refractivity contribution in [3.8, 4) is 16.9 Å². The molecule has 0 saturated carbocycles. The van der Waals surface area contributed by atoms with E-state index >= 15 is 0 Å². The number of pyridine rings is 1. The number of ketones is 1. The van der Waals surface area contributed by atoms with Crippen LogP contribution in [0.3, 0.4) is 0 Å². The first kappa shape index (κ1) is 28.6. The maximum Gasteiger partial charge on any atom is 0.416 e. The highest BCUT2D eigenvalue weighted by Crippen LogP contribution is 2.34. The number of ether oxygens (including phenoxy) is 1. The lowest BCUT2D eigenvalue weighted by Gasteiger charge is -2.17. The third kappa shape index (κ3) is 6.59. The maximum absolute atomic E-state index is 13.3. The molecular weight excluding hydrogens is 533 g/mol. The zero-order chi connectivity index (χ0) is 28.4. The number of benzene rings is 2. The number of alkyl halides is 3. The van der Waals surface area contributed by atoms with Gasteiger partial charge in [0.25, 0.3) is 5.56 Å². The van der Waals surface area contributed by atoms with Crippen LogP contribution in [-0.2, 0) is 22.7 Å². The Balaban J connectivity index is 1.67. The van der Waals surface area contributed by atoms with Gasteiger partial charge >= 0.3 is 6.18 Å². The van der Waals surface area contributed by atoms with Crippen molar-refractivity contribution in [2.75, 3.05) is 19.7 Å². The average molecular weight is 563 g/mol. The van der Waals surface area contributed by atoms with Gasteiger partial charge in [0.2, 0.25) is 10.0 Å². The molecule has 2 aromatic carbocycles. The van der Waals surface area contributed by atoms with Gasteiger partial charge in [0.1, 0.15) is 5.75 Å². The van der Waals surface area contributed by atoms with Crippen molar-refractivity contribution in [3.63, 3.8) is 0 Å². The van der Waals surface area contributed by atoms with Crippen molar-refractivity contribution in [1.82, 2.24) is 8.87 Å². The number of hydrogen-bond donors (Lipinski definition) is 0. The van der Waals surface area contributed by atoms with Gasteiger partial charge in [-0.25, -0.2) is 8.42 Å². The van der Waals surface area contributed by atoms with Crippen LogP contribution in [0.15, 0.2) is 70.5 Å². The predicted octanol–water partition coefficient (Wildman–Crippen LogP) is 5.24. The van der Waals surface area contributed by atoms with Crippen LogP contribution in [0, 0.1) is 5.92 Å². The monoisotopic (exact) mass is 562 g/mol. The molecule has 4 rings (SSSR count). The van der Waals surface area contributed by atoms with Crippen molar-refractivity contribution in [2.24, 2.45) is 5.92 Å². The minimum atomic E-state index is -4.51. The number of rotatable bonds is 9. The number of sulfonamides is 1. The molecule has 7 nitrogen and oxygen atoms in total. The molecule has 0 amide bonds. The minimum Gasteiger partial charge on any atom is -0.493 e. The van der Waals surface area contributed by atoms with Gasteiger partial charge in [0, 0.05) is 25.4 Å². The lowest BCUT2D eigenvalue weighted by atomic mass is 9.99. The predicted molar refractivity (Wildman–Crippen MR) is 140 cm³/mol. The molecule has 3 aromatic rings. The van der Waals surface area contributed by atoms with Gasteiger partial charge in [-0.1, -0.05) is 32.0 Å². The van der Waals surface area contributed by atoms with E-state index in [-0.39, 0.29) is 28.7 Å². The number of nitrogens with zero attached hydrogens (tertiary/aromatic N) is 2. The Morgan fingerprint density at radius 1 is 1.00 bits per heavy atom. The fraction of sp³-hybridized carbons (Fsp3) is 0.357. The van der Waals surface area contributed by atoms with E-state index in [1.165, 1.54) is 46.9 Å². The van der Waals surface area contributed by atoms with Crippen LogP contribution in [0.2, 0.25) is 0 Å². The normalized spacial score (nSPS) is 14.6. The van der Waals surface area contributed by atoms with E-state index in [4.69, 9.17) is 4.74 Å². The summed E-state index contributed by atoms with van der Waals surface area (Å²) in [7, 11) is -3.80. The van der Waals surface area contributed by atoms with Gasteiger partial charge in [0.05, 0.1) is 29.2 Å². The molecule has 1 aliphatic heterocycles. The van der Waals surface area contributed by atoms with Crippen LogP contribution < -0.4 is 10.3 Å². The molecule has 0 N–H and O–H groups in total. The average Bonchev–Trinajstić information content (AvgIpc) is 3.44. The molecule has 0 bridgehead atoms. The van der Waals surface area contributed by atoms with Gasteiger partial charge in [0.15, 0.2) is 5.78 Å². The fourth-order valence-corrected chi connectivity index (χ4v) is 5.82. The quantitative estimate of drug-likeness (QED) is 0.333. The van der Waals surface area contributed by atoms with Gasteiger partial charge in [-0.3, -0.25) is 9.59 Å². The van der Waals surface area contributed by atoms with Gasteiger partial charge in [-0.2, -0.15) is 17.5 Å². The summed E-state index contributed by atoms with van der Waals surface area (Å²) < 4.78 is 73.9. The SMILES string of the molecule is CC(C)COc1cc(-c2cccc(C(F)(F)F)c2)ccc1C(=O)Cn1cc(S(=O)(=O)N2CCCC2)ccc1=O. The smallest absolute Gasteiger partial charge is 0.416 e. The number of Topliss-reactive ketones (excluding diaryl/α,β-unsaturated/α-hetero) is 1. The third-order valence-corrected chi connectivity index (χ3v) is 8.23. The molecule has 1 fully saturated rings. The first-order valence-electron chi connectivity index (χ1n) is 12.5. The number of hydrogen-bond acceptors (Lipinski definition) is 5. The van der Waals surface area contributed by atoms with E-state index in [0.29, 0.717) is 24.2 Å². The van der Waals surface area contributed by atoms with Crippen LogP contribution in [0.1, 0.15) is 42.6 Å². The summed E-state index contributed by atoms with van der Waals surface area (Å²) in [6, 6.07) is 11.7. The van der Waals surface area contributed by atoms with Gasteiger partial charge < -0.3 is 9.30 Å². The maximum atomic E-state index is 13.3. The van der Waals surface area contributed by atoms with Crippen molar-refractivity contribution in [1.29, 1.82) is 0 Å². The van der Waals surface area contributed by atoms with Crippen molar-refractivity contribution in [2.45, 2.75) is 44.3 Å². The molecule has 2 heterocycles. The fourth-order valence-electron chi connectivity index (χ4n) is 4.29. The van der Waals surface area contributed by atoms with E-state index in [0.717, 1.165) is 35.6 Å². The molecule has 0 atom stereocenters. The second-order valence-electron chi connectivity index (χ2n) is 9.86. The Kier molecular flexibility index (Phi) is 8.31. The molecule has 39 heavy (non-hydrogen) atoms. The Labute approximate surface area is 224 Å². The lowest BCUT2D eigenvalue weighted by molar-refractivity contribution is -0.137. The Bertz CT molecular complexity index is 1520. The second-order valence-corrected chi connectivity index (χ2v) is 11.8. The topological polar surface area (TPSA) is 85.7 Å². The number of carbonyl (C=O) groups excluding carboxylic acids is 1. The molecule has 1 aliphatic rings. The highest BCUT2D eigenvalue weighted by molar-refractivity contribution is 7.89. The molecule has 0 radical (unpaired) electrons. The summed E-state index contributed by atoms with van der Waals surface area (Å²) in [5.41, 5.74) is -0.491. The largest absolute Gasteiger partial charge is 0.493 e. The lowest BCUT2D eigenvalue weighted by Crippen LogP contribution is -2.30. The van der Waals surface area contributed by atoms with Gasteiger partial charge in [-0.05, 0) is 60.2 Å². The van der Waals surface area contributed by atoms with E-state index in [1.54, 1.807) is 0 Å². The summed E-state index contributed by atoms with van der Waals surface area (Å²) in [6.45, 7) is 4.41. The molecule has 0 aliphatic carbocycles. The van der Waals surface area contributed by atoms with E-state index < -0.39 is 39.7 Å². The third-order valence-electron chi connectivity index (χ3n) is 6.35. The minimum absolute atomic E-state index is 0.0759. The first-order valence-corrected chi connectivity index (χ1v) is 14.0. The summed E-state index contributed by atoms with van der Waals surface area (Å²) in [5, 5.41) is 0. The Morgan fingerprint density at radius 2 is 1.69 bits per heavy atom. The van der Waals surface area contributed by atoms with Crippen molar-refractivity contribution >= 4 is 15.8 Å². The van der Waals surface area contributed by atoms with Crippen LogP contribution in [0.5, 0.6) is 5.75 Å². The highest BCUT2D eigenvalue weighted by atomic mass is 32.2. The molecule has 1 aromatic heterocycles. The zero-order valence-corrected chi connectivity index (χ0v) is 22.4. The van der Waals surface area contributed by atoms with E-state index in [9.17, 15) is 31.2 Å². The van der Waals surface area contributed by atoms with Crippen LogP contribution >= 0.6 is 0 Å². The van der Waals surface area contributed by atoms with Gasteiger partial charge in [-0.15, -0.1) is 0 Å². The molecule has 11 heteroatoms. The summed E-state index contributed by atoms with van der Waals surface area (Å²) in [6.07, 6.45) is -1.83. The van der Waals surface area contributed by atoms with Crippen LogP contribution in [0.25, 0.3) is 11.1 Å². The van der Waals surface area contributed by atoms with Crippen molar-refractivity contribution in [3.05, 3.63) is 82.3 Å². The zero-order valence-electron chi connectivity index (χ0n) is 21.6. The number of aromatic nitrogens is 1. The summed E-state index contributed by atoms with van der Waals surface area (Å²) >= 11 is 0. The number of carbonyl (C=O) groups is 1. The Morgan fingerprint density at radius 3 is 2.36 bits per heavy atom. The second kappa shape index (κ2) is 11.4. The summed E-state index contributed by atoms with van der Waals surface area (Å²) in [4.78, 5) is 25.8. The molecular formula is C28H29F3N2O5S. The molecule has 0 spiro atoms. The van der Waals surface area contributed by atoms with E-state index in [1.807, 2.05) is 13.8 Å². The first-order chi connectivity index (χ1) is 18.4.